The molecule has 0 bridgehead atoms. The third kappa shape index (κ3) is 4.00. The molecule has 7 nitrogen and oxygen atoms in total. The molecule has 9 heteroatoms. The number of halogens is 2. The highest BCUT2D eigenvalue weighted by Gasteiger charge is 2.40. The summed E-state index contributed by atoms with van der Waals surface area (Å²) in [5, 5.41) is 2.47. The van der Waals surface area contributed by atoms with Gasteiger partial charge >= 0.3 is 0 Å². The fourth-order valence-corrected chi connectivity index (χ4v) is 3.26. The van der Waals surface area contributed by atoms with E-state index in [-0.39, 0.29) is 18.1 Å². The first-order valence-electron chi connectivity index (χ1n) is 8.96. The Hall–Kier alpha value is -2.91. The Morgan fingerprint density at radius 2 is 2.07 bits per heavy atom. The van der Waals surface area contributed by atoms with E-state index in [2.05, 4.69) is 20.8 Å². The minimum atomic E-state index is -0.798. The van der Waals surface area contributed by atoms with Crippen LogP contribution in [0.25, 0.3) is 0 Å². The van der Waals surface area contributed by atoms with Gasteiger partial charge in [0.25, 0.3) is 0 Å². The molecule has 28 heavy (non-hydrogen) atoms. The van der Waals surface area contributed by atoms with Crippen molar-refractivity contribution in [1.29, 1.82) is 0 Å². The third-order valence-corrected chi connectivity index (χ3v) is 4.77. The molecule has 0 unspecified atom stereocenters. The van der Waals surface area contributed by atoms with Crippen LogP contribution in [-0.2, 0) is 9.63 Å². The molecule has 1 fully saturated rings. The van der Waals surface area contributed by atoms with Crippen LogP contribution in [0.3, 0.4) is 0 Å². The molecule has 2 aromatic rings. The van der Waals surface area contributed by atoms with E-state index in [1.54, 1.807) is 6.20 Å². The molecule has 0 saturated carbocycles. The number of likely N-dealkylation sites (tertiary alicyclic amines) is 1. The standard InChI is InChI=1S/C19H19F2N5O2/c20-13-4-5-15(14(21)11-13)23-17(27)12-26-9-6-19(7-10-26)24-18(25-28-19)16-3-1-2-8-22-16/h1-5,8,11H,6-7,9-10,12H2,(H,23,27)(H,24,25). The van der Waals surface area contributed by atoms with E-state index in [1.807, 2.05) is 23.1 Å². The predicted octanol–water partition coefficient (Wildman–Crippen LogP) is 2.07. The van der Waals surface area contributed by atoms with Gasteiger partial charge in [0.15, 0.2) is 11.6 Å². The lowest BCUT2D eigenvalue weighted by atomic mass is 10.0. The molecule has 1 spiro atoms. The number of carbonyl (C=O) groups excluding carboxylic acids is 1. The number of amidine groups is 1. The molecular formula is C19H19F2N5O2. The second-order valence-corrected chi connectivity index (χ2v) is 6.77. The number of anilines is 1. The average molecular weight is 387 g/mol. The van der Waals surface area contributed by atoms with Crippen LogP contribution in [0.4, 0.5) is 14.5 Å². The highest BCUT2D eigenvalue weighted by molar-refractivity contribution is 5.97. The zero-order valence-electron chi connectivity index (χ0n) is 15.0. The molecule has 0 atom stereocenters. The number of hydrogen-bond donors (Lipinski definition) is 2. The summed E-state index contributed by atoms with van der Waals surface area (Å²) in [5.41, 5.74) is 2.86. The van der Waals surface area contributed by atoms with E-state index >= 15 is 0 Å². The quantitative estimate of drug-likeness (QED) is 0.840. The fraction of sp³-hybridized carbons (Fsp3) is 0.316. The average Bonchev–Trinajstić information content (AvgIpc) is 3.11. The summed E-state index contributed by atoms with van der Waals surface area (Å²) in [7, 11) is 0. The van der Waals surface area contributed by atoms with Crippen molar-refractivity contribution >= 4 is 17.4 Å². The molecule has 1 aromatic heterocycles. The largest absolute Gasteiger partial charge is 0.322 e. The molecule has 1 amide bonds. The number of rotatable bonds is 4. The van der Waals surface area contributed by atoms with Gasteiger partial charge in [0.2, 0.25) is 5.91 Å². The minimum Gasteiger partial charge on any atom is -0.322 e. The van der Waals surface area contributed by atoms with Gasteiger partial charge in [-0.2, -0.15) is 0 Å². The molecule has 2 N–H and O–H groups in total. The van der Waals surface area contributed by atoms with Gasteiger partial charge in [-0.05, 0) is 24.3 Å². The van der Waals surface area contributed by atoms with E-state index in [1.165, 1.54) is 6.07 Å². The number of nitrogens with one attached hydrogen (secondary N) is 2. The van der Waals surface area contributed by atoms with Crippen molar-refractivity contribution in [2.24, 2.45) is 4.99 Å². The summed E-state index contributed by atoms with van der Waals surface area (Å²) in [6.45, 7) is 1.30. The Labute approximate surface area is 160 Å². The number of benzene rings is 1. The van der Waals surface area contributed by atoms with Crippen molar-refractivity contribution < 1.29 is 18.4 Å². The summed E-state index contributed by atoms with van der Waals surface area (Å²) in [4.78, 5) is 28.8. The Kier molecular flexibility index (Phi) is 5.01. The zero-order chi connectivity index (χ0) is 19.6. The van der Waals surface area contributed by atoms with E-state index in [0.717, 1.165) is 12.1 Å². The summed E-state index contributed by atoms with van der Waals surface area (Å²) in [5.74, 6) is -1.25. The van der Waals surface area contributed by atoms with E-state index < -0.39 is 17.4 Å². The number of hydrogen-bond acceptors (Lipinski definition) is 6. The van der Waals surface area contributed by atoms with Crippen LogP contribution in [0.1, 0.15) is 18.5 Å². The summed E-state index contributed by atoms with van der Waals surface area (Å²) in [6, 6.07) is 8.61. The number of pyridine rings is 1. The van der Waals surface area contributed by atoms with Crippen molar-refractivity contribution in [2.45, 2.75) is 18.6 Å². The van der Waals surface area contributed by atoms with Gasteiger partial charge in [0.05, 0.1) is 12.2 Å². The number of aromatic nitrogens is 1. The van der Waals surface area contributed by atoms with Crippen LogP contribution in [0.2, 0.25) is 0 Å². The second-order valence-electron chi connectivity index (χ2n) is 6.77. The molecule has 2 aliphatic heterocycles. The molecular weight excluding hydrogens is 368 g/mol. The van der Waals surface area contributed by atoms with Crippen molar-refractivity contribution in [1.82, 2.24) is 15.4 Å². The van der Waals surface area contributed by atoms with Gasteiger partial charge in [0.1, 0.15) is 17.3 Å². The molecule has 4 rings (SSSR count). The first-order valence-corrected chi connectivity index (χ1v) is 8.96. The van der Waals surface area contributed by atoms with E-state index in [4.69, 9.17) is 4.84 Å². The van der Waals surface area contributed by atoms with E-state index in [0.29, 0.717) is 37.5 Å². The number of piperidine rings is 1. The summed E-state index contributed by atoms with van der Waals surface area (Å²) in [6.07, 6.45) is 2.90. The van der Waals surface area contributed by atoms with Gasteiger partial charge in [-0.1, -0.05) is 6.07 Å². The SMILES string of the molecule is O=C(CN1CCC2(CC1)N=C(c1ccccn1)NO2)Nc1ccc(F)cc1F. The number of amides is 1. The minimum absolute atomic E-state index is 0.0344. The van der Waals surface area contributed by atoms with Gasteiger partial charge < -0.3 is 5.32 Å². The smallest absolute Gasteiger partial charge is 0.238 e. The molecule has 0 aliphatic carbocycles. The highest BCUT2D eigenvalue weighted by Crippen LogP contribution is 2.30. The number of aliphatic imine (C=N–C) groups is 1. The van der Waals surface area contributed by atoms with Gasteiger partial charge in [0, 0.05) is 38.2 Å². The van der Waals surface area contributed by atoms with Gasteiger partial charge in [-0.3, -0.25) is 14.7 Å². The fourth-order valence-electron chi connectivity index (χ4n) is 3.26. The van der Waals surface area contributed by atoms with Crippen LogP contribution < -0.4 is 10.8 Å². The summed E-state index contributed by atoms with van der Waals surface area (Å²) >= 11 is 0. The lowest BCUT2D eigenvalue weighted by molar-refractivity contribution is -0.120. The maximum Gasteiger partial charge on any atom is 0.238 e. The summed E-state index contributed by atoms with van der Waals surface area (Å²) < 4.78 is 26.6. The molecule has 0 radical (unpaired) electrons. The third-order valence-electron chi connectivity index (χ3n) is 4.77. The Balaban J connectivity index is 1.32. The Bertz CT molecular complexity index is 898. The zero-order valence-corrected chi connectivity index (χ0v) is 15.0. The van der Waals surface area contributed by atoms with Crippen LogP contribution >= 0.6 is 0 Å². The molecule has 3 heterocycles. The number of nitrogens with zero attached hydrogens (tertiary/aromatic N) is 3. The van der Waals surface area contributed by atoms with Crippen molar-refractivity contribution in [3.8, 4) is 0 Å². The van der Waals surface area contributed by atoms with E-state index in [9.17, 15) is 13.6 Å². The maximum absolute atomic E-state index is 13.7. The number of hydroxylamine groups is 1. The molecule has 1 aromatic carbocycles. The topological polar surface area (TPSA) is 78.9 Å². The first kappa shape index (κ1) is 18.5. The monoisotopic (exact) mass is 387 g/mol. The highest BCUT2D eigenvalue weighted by atomic mass is 19.1. The maximum atomic E-state index is 13.7. The predicted molar refractivity (Wildman–Crippen MR) is 98.4 cm³/mol. The lowest BCUT2D eigenvalue weighted by Gasteiger charge is -2.35. The van der Waals surface area contributed by atoms with Gasteiger partial charge in [-0.25, -0.2) is 24.1 Å². The Morgan fingerprint density at radius 3 is 2.79 bits per heavy atom. The van der Waals surface area contributed by atoms with Crippen LogP contribution in [0.15, 0.2) is 47.6 Å². The Morgan fingerprint density at radius 1 is 1.25 bits per heavy atom. The van der Waals surface area contributed by atoms with Crippen LogP contribution in [0.5, 0.6) is 0 Å². The molecule has 1 saturated heterocycles. The molecule has 2 aliphatic rings. The van der Waals surface area contributed by atoms with Crippen LogP contribution in [-0.4, -0.2) is 47.0 Å². The normalized spacial score (nSPS) is 18.6. The van der Waals surface area contributed by atoms with Crippen LogP contribution in [0, 0.1) is 11.6 Å². The van der Waals surface area contributed by atoms with Gasteiger partial charge in [-0.15, -0.1) is 0 Å². The van der Waals surface area contributed by atoms with Crippen molar-refractivity contribution in [3.63, 3.8) is 0 Å². The number of carbonyl (C=O) groups is 1. The molecule has 146 valence electrons. The van der Waals surface area contributed by atoms with Crippen molar-refractivity contribution in [3.05, 3.63) is 59.9 Å². The first-order chi connectivity index (χ1) is 13.5. The van der Waals surface area contributed by atoms with Crippen molar-refractivity contribution in [2.75, 3.05) is 25.0 Å². The lowest BCUT2D eigenvalue weighted by Crippen LogP contribution is -2.46. The second kappa shape index (κ2) is 7.61.